The second kappa shape index (κ2) is 10.9. The maximum Gasteiger partial charge on any atom is 0.325 e. The Kier molecular flexibility index (Phi) is 7.73. The lowest BCUT2D eigenvalue weighted by atomic mass is 10.0. The van der Waals surface area contributed by atoms with Gasteiger partial charge in [-0.3, -0.25) is 9.59 Å². The van der Waals surface area contributed by atoms with Crippen molar-refractivity contribution in [3.8, 4) is 11.5 Å². The number of urea groups is 1. The molecule has 0 spiro atoms. The van der Waals surface area contributed by atoms with Gasteiger partial charge in [-0.15, -0.1) is 0 Å². The summed E-state index contributed by atoms with van der Waals surface area (Å²) in [7, 11) is 3.06. The molecule has 3 aromatic rings. The molecule has 0 saturated carbocycles. The lowest BCUT2D eigenvalue weighted by molar-refractivity contribution is -0.134. The predicted molar refractivity (Wildman–Crippen MR) is 139 cm³/mol. The quantitative estimate of drug-likeness (QED) is 0.296. The number of nitrogens with zero attached hydrogens (tertiary/aromatic N) is 1. The van der Waals surface area contributed by atoms with Gasteiger partial charge in [-0.1, -0.05) is 24.3 Å². The van der Waals surface area contributed by atoms with E-state index in [-0.39, 0.29) is 12.1 Å². The summed E-state index contributed by atoms with van der Waals surface area (Å²) in [6, 6.07) is 15.1. The highest BCUT2D eigenvalue weighted by molar-refractivity contribution is 14.1. The third-order valence-corrected chi connectivity index (χ3v) is 6.48. The van der Waals surface area contributed by atoms with Crippen molar-refractivity contribution in [2.45, 2.75) is 18.5 Å². The number of halogens is 2. The number of ether oxygens (including phenoxy) is 2. The van der Waals surface area contributed by atoms with E-state index in [1.54, 1.807) is 54.6 Å². The van der Waals surface area contributed by atoms with Gasteiger partial charge in [-0.2, -0.15) is 0 Å². The number of benzene rings is 3. The molecule has 1 aliphatic rings. The second-order valence-corrected chi connectivity index (χ2v) is 9.29. The SMILES string of the molecule is COc1ccc(CC(C(=O)Nc2ccc(I)cc2F)N2C(=O)NC(c3ccc(OC)cc3)C2=O)cc1. The van der Waals surface area contributed by atoms with Gasteiger partial charge in [0.2, 0.25) is 5.91 Å². The van der Waals surface area contributed by atoms with E-state index in [1.807, 2.05) is 22.6 Å². The Hall–Kier alpha value is -3.67. The average molecular weight is 603 g/mol. The Balaban J connectivity index is 1.64. The van der Waals surface area contributed by atoms with Gasteiger partial charge in [0, 0.05) is 9.99 Å². The molecule has 1 heterocycles. The maximum absolute atomic E-state index is 14.5. The fraction of sp³-hybridized carbons (Fsp3) is 0.192. The van der Waals surface area contributed by atoms with Crippen LogP contribution in [0.3, 0.4) is 0 Å². The summed E-state index contributed by atoms with van der Waals surface area (Å²) in [6.45, 7) is 0. The highest BCUT2D eigenvalue weighted by atomic mass is 127. The van der Waals surface area contributed by atoms with Crippen LogP contribution in [0.4, 0.5) is 14.9 Å². The van der Waals surface area contributed by atoms with Crippen LogP contribution in [0.1, 0.15) is 17.2 Å². The van der Waals surface area contributed by atoms with Crippen LogP contribution in [0.25, 0.3) is 0 Å². The van der Waals surface area contributed by atoms with Crippen LogP contribution in [0, 0.1) is 9.39 Å². The number of hydrogen-bond donors (Lipinski definition) is 2. The summed E-state index contributed by atoms with van der Waals surface area (Å²) in [5.41, 5.74) is 1.19. The minimum Gasteiger partial charge on any atom is -0.497 e. The monoisotopic (exact) mass is 603 g/mol. The number of nitrogens with one attached hydrogen (secondary N) is 2. The van der Waals surface area contributed by atoms with Crippen molar-refractivity contribution >= 4 is 46.1 Å². The predicted octanol–water partition coefficient (Wildman–Crippen LogP) is 4.29. The molecule has 1 saturated heterocycles. The van der Waals surface area contributed by atoms with Crippen molar-refractivity contribution in [3.05, 3.63) is 87.2 Å². The average Bonchev–Trinajstić information content (AvgIpc) is 3.18. The zero-order chi connectivity index (χ0) is 25.8. The topological polar surface area (TPSA) is 97.0 Å². The first-order valence-electron chi connectivity index (χ1n) is 11.0. The molecule has 4 rings (SSSR count). The fourth-order valence-corrected chi connectivity index (χ4v) is 4.36. The van der Waals surface area contributed by atoms with E-state index in [0.29, 0.717) is 26.2 Å². The van der Waals surface area contributed by atoms with Gasteiger partial charge in [0.05, 0.1) is 19.9 Å². The fourth-order valence-electron chi connectivity index (χ4n) is 3.90. The van der Waals surface area contributed by atoms with E-state index in [0.717, 1.165) is 4.90 Å². The molecule has 1 fully saturated rings. The van der Waals surface area contributed by atoms with Crippen molar-refractivity contribution in [3.63, 3.8) is 0 Å². The summed E-state index contributed by atoms with van der Waals surface area (Å²) in [5.74, 6) is -0.669. The third kappa shape index (κ3) is 5.43. The molecule has 4 amide bonds. The van der Waals surface area contributed by atoms with Crippen LogP contribution in [0.15, 0.2) is 66.7 Å². The Labute approximate surface area is 220 Å². The minimum absolute atomic E-state index is 0.0241. The van der Waals surface area contributed by atoms with Crippen molar-refractivity contribution in [2.75, 3.05) is 19.5 Å². The summed E-state index contributed by atoms with van der Waals surface area (Å²) in [5, 5.41) is 5.19. The lowest BCUT2D eigenvalue weighted by Crippen LogP contribution is -2.49. The van der Waals surface area contributed by atoms with Crippen molar-refractivity contribution in [2.24, 2.45) is 0 Å². The van der Waals surface area contributed by atoms with Gasteiger partial charge >= 0.3 is 6.03 Å². The Morgan fingerprint density at radius 3 is 2.22 bits per heavy atom. The molecule has 1 aliphatic heterocycles. The number of rotatable bonds is 8. The van der Waals surface area contributed by atoms with E-state index in [4.69, 9.17) is 9.47 Å². The van der Waals surface area contributed by atoms with Gasteiger partial charge in [0.25, 0.3) is 5.91 Å². The molecule has 0 aliphatic carbocycles. The van der Waals surface area contributed by atoms with Crippen LogP contribution >= 0.6 is 22.6 Å². The summed E-state index contributed by atoms with van der Waals surface area (Å²) >= 11 is 1.96. The molecule has 3 aromatic carbocycles. The molecule has 0 radical (unpaired) electrons. The summed E-state index contributed by atoms with van der Waals surface area (Å²) in [6.07, 6.45) is 0.0241. The normalized spacial score (nSPS) is 15.9. The number of hydrogen-bond acceptors (Lipinski definition) is 5. The van der Waals surface area contributed by atoms with Crippen molar-refractivity contribution < 1.29 is 28.2 Å². The minimum atomic E-state index is -1.23. The standard InChI is InChI=1S/C26H23FIN3O5/c1-35-18-8-3-15(4-9-18)13-22(24(32)29-21-12-7-17(28)14-20(21)27)31-25(33)23(30-26(31)34)16-5-10-19(36-2)11-6-16/h3-12,14,22-23H,13H2,1-2H3,(H,29,32)(H,30,34). The highest BCUT2D eigenvalue weighted by Crippen LogP contribution is 2.28. The van der Waals surface area contributed by atoms with Gasteiger partial charge < -0.3 is 20.1 Å². The Morgan fingerprint density at radius 1 is 1.03 bits per heavy atom. The van der Waals surface area contributed by atoms with Gasteiger partial charge in [-0.05, 0) is 76.2 Å². The number of methoxy groups -OCH3 is 2. The first-order valence-corrected chi connectivity index (χ1v) is 12.0. The summed E-state index contributed by atoms with van der Waals surface area (Å²) < 4.78 is 25.4. The Bertz CT molecular complexity index is 1280. The molecule has 8 nitrogen and oxygen atoms in total. The first-order chi connectivity index (χ1) is 17.3. The van der Waals surface area contributed by atoms with Crippen LogP contribution in [0.5, 0.6) is 11.5 Å². The molecule has 36 heavy (non-hydrogen) atoms. The second-order valence-electron chi connectivity index (χ2n) is 8.05. The van der Waals surface area contributed by atoms with Crippen LogP contribution in [-0.2, 0) is 16.0 Å². The van der Waals surface area contributed by atoms with Crippen LogP contribution in [0.2, 0.25) is 0 Å². The molecule has 0 bridgehead atoms. The molecular weight excluding hydrogens is 580 g/mol. The third-order valence-electron chi connectivity index (χ3n) is 5.81. The van der Waals surface area contributed by atoms with E-state index >= 15 is 0 Å². The number of carbonyl (C=O) groups excluding carboxylic acids is 3. The number of anilines is 1. The molecule has 0 aromatic heterocycles. The zero-order valence-corrected chi connectivity index (χ0v) is 21.6. The lowest BCUT2D eigenvalue weighted by Gasteiger charge is -2.25. The summed E-state index contributed by atoms with van der Waals surface area (Å²) in [4.78, 5) is 40.7. The molecule has 10 heteroatoms. The largest absolute Gasteiger partial charge is 0.497 e. The van der Waals surface area contributed by atoms with Crippen molar-refractivity contribution in [1.29, 1.82) is 0 Å². The number of imide groups is 1. The number of carbonyl (C=O) groups is 3. The van der Waals surface area contributed by atoms with Gasteiger partial charge in [0.15, 0.2) is 0 Å². The molecule has 2 N–H and O–H groups in total. The molecular formula is C26H23FIN3O5. The number of amides is 4. The molecule has 2 unspecified atom stereocenters. The van der Waals surface area contributed by atoms with E-state index in [1.165, 1.54) is 26.4 Å². The van der Waals surface area contributed by atoms with Crippen molar-refractivity contribution in [1.82, 2.24) is 10.2 Å². The van der Waals surface area contributed by atoms with Crippen LogP contribution < -0.4 is 20.1 Å². The smallest absolute Gasteiger partial charge is 0.325 e. The zero-order valence-electron chi connectivity index (χ0n) is 19.5. The highest BCUT2D eigenvalue weighted by Gasteiger charge is 2.45. The first kappa shape index (κ1) is 25.4. The maximum atomic E-state index is 14.5. The molecule has 2 atom stereocenters. The Morgan fingerprint density at radius 2 is 1.64 bits per heavy atom. The van der Waals surface area contributed by atoms with Gasteiger partial charge in [0.1, 0.15) is 29.4 Å². The van der Waals surface area contributed by atoms with E-state index in [2.05, 4.69) is 10.6 Å². The van der Waals surface area contributed by atoms with Crippen LogP contribution in [-0.4, -0.2) is 43.0 Å². The van der Waals surface area contributed by atoms with Gasteiger partial charge in [-0.25, -0.2) is 14.1 Å². The van der Waals surface area contributed by atoms with E-state index < -0.39 is 35.7 Å². The molecule has 186 valence electrons. The van der Waals surface area contributed by atoms with E-state index in [9.17, 15) is 18.8 Å².